The summed E-state index contributed by atoms with van der Waals surface area (Å²) in [6.07, 6.45) is -0.562. The second-order valence-electron chi connectivity index (χ2n) is 4.91. The number of carbonyl (C=O) groups is 1. The fraction of sp³-hybridized carbons (Fsp3) is 0.375. The standard InChI is InChI=1S/C16H18F2N2O3S/c1-4-22-9(2)14(21)20-16-19-13(10(3)24-16)11-5-7-12(8-6-11)23-15(17)18/h5-9,15H,4H2,1-3H3,(H,19,20,21). The highest BCUT2D eigenvalue weighted by Gasteiger charge is 2.16. The fourth-order valence-electron chi connectivity index (χ4n) is 2.04. The number of nitrogens with zero attached hydrogens (tertiary/aromatic N) is 1. The van der Waals surface area contributed by atoms with E-state index >= 15 is 0 Å². The lowest BCUT2D eigenvalue weighted by Gasteiger charge is -2.09. The minimum absolute atomic E-state index is 0.0840. The van der Waals surface area contributed by atoms with E-state index in [9.17, 15) is 13.6 Å². The van der Waals surface area contributed by atoms with Gasteiger partial charge in [0.05, 0.1) is 5.69 Å². The fourth-order valence-corrected chi connectivity index (χ4v) is 2.88. The van der Waals surface area contributed by atoms with Crippen LogP contribution in [0.1, 0.15) is 18.7 Å². The highest BCUT2D eigenvalue weighted by molar-refractivity contribution is 7.16. The molecule has 0 radical (unpaired) electrons. The number of aryl methyl sites for hydroxylation is 1. The van der Waals surface area contributed by atoms with Crippen LogP contribution in [-0.2, 0) is 9.53 Å². The monoisotopic (exact) mass is 356 g/mol. The van der Waals surface area contributed by atoms with Gasteiger partial charge in [-0.1, -0.05) is 0 Å². The molecule has 0 saturated heterocycles. The highest BCUT2D eigenvalue weighted by atomic mass is 32.1. The summed E-state index contributed by atoms with van der Waals surface area (Å²) in [5.41, 5.74) is 1.44. The van der Waals surface area contributed by atoms with Gasteiger partial charge in [0.25, 0.3) is 5.91 Å². The van der Waals surface area contributed by atoms with Gasteiger partial charge in [0.15, 0.2) is 5.13 Å². The average Bonchev–Trinajstić information content (AvgIpc) is 2.88. The Kier molecular flexibility index (Phi) is 6.22. The van der Waals surface area contributed by atoms with E-state index in [1.807, 2.05) is 13.8 Å². The van der Waals surface area contributed by atoms with E-state index in [-0.39, 0.29) is 11.7 Å². The first-order chi connectivity index (χ1) is 11.4. The molecule has 0 aliphatic heterocycles. The first-order valence-electron chi connectivity index (χ1n) is 7.35. The number of aromatic nitrogens is 1. The van der Waals surface area contributed by atoms with Gasteiger partial charge in [-0.3, -0.25) is 10.1 Å². The van der Waals surface area contributed by atoms with E-state index in [4.69, 9.17) is 4.74 Å². The van der Waals surface area contributed by atoms with Crippen LogP contribution in [0.2, 0.25) is 0 Å². The van der Waals surface area contributed by atoms with Gasteiger partial charge in [0.2, 0.25) is 0 Å². The third-order valence-corrected chi connectivity index (χ3v) is 4.05. The van der Waals surface area contributed by atoms with Crippen molar-refractivity contribution in [3.63, 3.8) is 0 Å². The van der Waals surface area contributed by atoms with Crippen LogP contribution in [0, 0.1) is 6.92 Å². The van der Waals surface area contributed by atoms with Crippen molar-refractivity contribution in [1.29, 1.82) is 0 Å². The first kappa shape index (κ1) is 18.3. The zero-order valence-electron chi connectivity index (χ0n) is 13.5. The van der Waals surface area contributed by atoms with Gasteiger partial charge in [0, 0.05) is 17.0 Å². The Balaban J connectivity index is 2.12. The summed E-state index contributed by atoms with van der Waals surface area (Å²) in [7, 11) is 0. The van der Waals surface area contributed by atoms with Crippen LogP contribution in [0.3, 0.4) is 0 Å². The van der Waals surface area contributed by atoms with E-state index in [0.29, 0.717) is 17.4 Å². The number of carbonyl (C=O) groups excluding carboxylic acids is 1. The molecule has 0 spiro atoms. The summed E-state index contributed by atoms with van der Waals surface area (Å²) in [6, 6.07) is 6.20. The van der Waals surface area contributed by atoms with E-state index < -0.39 is 12.7 Å². The Morgan fingerprint density at radius 2 is 2.00 bits per heavy atom. The van der Waals surface area contributed by atoms with Crippen LogP contribution in [0.25, 0.3) is 11.3 Å². The normalized spacial score (nSPS) is 12.2. The maximum absolute atomic E-state index is 12.2. The second-order valence-corrected chi connectivity index (χ2v) is 6.12. The largest absolute Gasteiger partial charge is 0.435 e. The minimum atomic E-state index is -2.86. The van der Waals surface area contributed by atoms with Crippen LogP contribution in [-0.4, -0.2) is 30.2 Å². The number of benzene rings is 1. The molecule has 1 amide bonds. The molecule has 0 aliphatic carbocycles. The van der Waals surface area contributed by atoms with Crippen molar-refractivity contribution in [3.05, 3.63) is 29.1 Å². The van der Waals surface area contributed by atoms with Crippen LogP contribution in [0.15, 0.2) is 24.3 Å². The minimum Gasteiger partial charge on any atom is -0.435 e. The summed E-state index contributed by atoms with van der Waals surface area (Å²) < 4.78 is 33.9. The zero-order valence-corrected chi connectivity index (χ0v) is 14.3. The quantitative estimate of drug-likeness (QED) is 0.812. The molecule has 130 valence electrons. The van der Waals surface area contributed by atoms with Gasteiger partial charge in [-0.15, -0.1) is 11.3 Å². The molecule has 0 bridgehead atoms. The molecule has 2 aromatic rings. The molecule has 0 saturated carbocycles. The van der Waals surface area contributed by atoms with Gasteiger partial charge in [0.1, 0.15) is 11.9 Å². The molecule has 8 heteroatoms. The zero-order chi connectivity index (χ0) is 17.7. The molecular weight excluding hydrogens is 338 g/mol. The molecule has 1 N–H and O–H groups in total. The number of thiazole rings is 1. The molecule has 1 unspecified atom stereocenters. The molecule has 1 aromatic heterocycles. The smallest absolute Gasteiger partial charge is 0.387 e. The maximum atomic E-state index is 12.2. The van der Waals surface area contributed by atoms with Crippen LogP contribution < -0.4 is 10.1 Å². The number of halogens is 2. The highest BCUT2D eigenvalue weighted by Crippen LogP contribution is 2.31. The lowest BCUT2D eigenvalue weighted by molar-refractivity contribution is -0.126. The van der Waals surface area contributed by atoms with E-state index in [1.54, 1.807) is 19.1 Å². The number of amides is 1. The van der Waals surface area contributed by atoms with Crippen molar-refractivity contribution in [1.82, 2.24) is 4.98 Å². The Morgan fingerprint density at radius 1 is 1.33 bits per heavy atom. The Hall–Kier alpha value is -2.06. The average molecular weight is 356 g/mol. The molecule has 1 atom stereocenters. The summed E-state index contributed by atoms with van der Waals surface area (Å²) in [5.74, 6) is -0.182. The van der Waals surface area contributed by atoms with Gasteiger partial charge in [-0.25, -0.2) is 4.98 Å². The number of nitrogens with one attached hydrogen (secondary N) is 1. The number of hydrogen-bond acceptors (Lipinski definition) is 5. The predicted octanol–water partition coefficient (Wildman–Crippen LogP) is 4.08. The van der Waals surface area contributed by atoms with Gasteiger partial charge < -0.3 is 9.47 Å². The molecule has 1 aromatic carbocycles. The first-order valence-corrected chi connectivity index (χ1v) is 8.17. The molecule has 0 fully saturated rings. The molecule has 5 nitrogen and oxygen atoms in total. The SMILES string of the molecule is CCOC(C)C(=O)Nc1nc(-c2ccc(OC(F)F)cc2)c(C)s1. The van der Waals surface area contributed by atoms with Crippen LogP contribution in [0.5, 0.6) is 5.75 Å². The summed E-state index contributed by atoms with van der Waals surface area (Å²) in [6.45, 7) is 2.95. The molecule has 2 rings (SSSR count). The summed E-state index contributed by atoms with van der Waals surface area (Å²) >= 11 is 1.34. The molecule has 0 aliphatic rings. The summed E-state index contributed by atoms with van der Waals surface area (Å²) in [5, 5.41) is 3.18. The molecule has 24 heavy (non-hydrogen) atoms. The summed E-state index contributed by atoms with van der Waals surface area (Å²) in [4.78, 5) is 17.2. The van der Waals surface area contributed by atoms with E-state index in [0.717, 1.165) is 10.4 Å². The van der Waals surface area contributed by atoms with Crippen molar-refractivity contribution in [2.24, 2.45) is 0 Å². The lowest BCUT2D eigenvalue weighted by atomic mass is 10.1. The maximum Gasteiger partial charge on any atom is 0.387 e. The van der Waals surface area contributed by atoms with Crippen molar-refractivity contribution < 1.29 is 23.0 Å². The number of anilines is 1. The number of hydrogen-bond donors (Lipinski definition) is 1. The van der Waals surface area contributed by atoms with Crippen LogP contribution >= 0.6 is 11.3 Å². The second kappa shape index (κ2) is 8.16. The van der Waals surface area contributed by atoms with E-state index in [1.165, 1.54) is 23.5 Å². The molecular formula is C16H18F2N2O3S. The third kappa shape index (κ3) is 4.72. The Morgan fingerprint density at radius 3 is 2.58 bits per heavy atom. The Bertz CT molecular complexity index is 689. The van der Waals surface area contributed by atoms with Crippen LogP contribution in [0.4, 0.5) is 13.9 Å². The van der Waals surface area contributed by atoms with Gasteiger partial charge in [-0.05, 0) is 45.0 Å². The van der Waals surface area contributed by atoms with Crippen molar-refractivity contribution in [3.8, 4) is 17.0 Å². The van der Waals surface area contributed by atoms with Gasteiger partial charge in [-0.2, -0.15) is 8.78 Å². The molecule has 1 heterocycles. The topological polar surface area (TPSA) is 60.5 Å². The van der Waals surface area contributed by atoms with Crippen molar-refractivity contribution >= 4 is 22.4 Å². The lowest BCUT2D eigenvalue weighted by Crippen LogP contribution is -2.27. The number of alkyl halides is 2. The number of rotatable bonds is 7. The third-order valence-electron chi connectivity index (χ3n) is 3.17. The predicted molar refractivity (Wildman–Crippen MR) is 88.6 cm³/mol. The van der Waals surface area contributed by atoms with E-state index in [2.05, 4.69) is 15.0 Å². The van der Waals surface area contributed by atoms with Crippen molar-refractivity contribution in [2.45, 2.75) is 33.5 Å². The number of ether oxygens (including phenoxy) is 2. The van der Waals surface area contributed by atoms with Gasteiger partial charge >= 0.3 is 6.61 Å². The Labute approximate surface area is 142 Å². The van der Waals surface area contributed by atoms with Crippen molar-refractivity contribution in [2.75, 3.05) is 11.9 Å².